The third-order valence-electron chi connectivity index (χ3n) is 5.80. The summed E-state index contributed by atoms with van der Waals surface area (Å²) in [5, 5.41) is 15.4. The molecule has 1 N–H and O–H groups in total. The van der Waals surface area contributed by atoms with E-state index in [1.165, 1.54) is 11.1 Å². The molecule has 0 saturated heterocycles. The summed E-state index contributed by atoms with van der Waals surface area (Å²) in [5.74, 6) is 3.03. The number of para-hydroxylation sites is 1. The summed E-state index contributed by atoms with van der Waals surface area (Å²) in [4.78, 5) is 4.72. The number of H-pyrrole nitrogens is 1. The van der Waals surface area contributed by atoms with Crippen molar-refractivity contribution in [2.45, 2.75) is 24.2 Å². The maximum atomic E-state index is 6.18. The molecule has 2 aromatic heterocycles. The first-order valence-electron chi connectivity index (χ1n) is 11.0. The second-order valence-corrected chi connectivity index (χ2v) is 9.10. The van der Waals surface area contributed by atoms with Gasteiger partial charge in [-0.3, -0.25) is 0 Å². The molecule has 5 aromatic rings. The predicted octanol–water partition coefficient (Wildman–Crippen LogP) is 5.24. The Kier molecular flexibility index (Phi) is 5.56. The third kappa shape index (κ3) is 4.20. The summed E-state index contributed by atoms with van der Waals surface area (Å²) in [7, 11) is 0. The van der Waals surface area contributed by atoms with Gasteiger partial charge in [0, 0.05) is 10.9 Å². The number of aromatic nitrogens is 5. The van der Waals surface area contributed by atoms with Crippen LogP contribution in [0.25, 0.3) is 10.9 Å². The van der Waals surface area contributed by atoms with Crippen molar-refractivity contribution in [3.8, 4) is 11.5 Å². The lowest BCUT2D eigenvalue weighted by Gasteiger charge is -2.19. The van der Waals surface area contributed by atoms with Gasteiger partial charge in [0.2, 0.25) is 0 Å². The molecular weight excluding hydrogens is 446 g/mol. The van der Waals surface area contributed by atoms with E-state index in [1.54, 1.807) is 11.8 Å². The van der Waals surface area contributed by atoms with Crippen molar-refractivity contribution < 1.29 is 9.47 Å². The van der Waals surface area contributed by atoms with Gasteiger partial charge in [-0.1, -0.05) is 48.5 Å². The summed E-state index contributed by atoms with van der Waals surface area (Å²) in [5.41, 5.74) is 5.33. The summed E-state index contributed by atoms with van der Waals surface area (Å²) < 4.78 is 12.3. The molecule has 3 heterocycles. The molecule has 1 unspecified atom stereocenters. The minimum atomic E-state index is 0.0566. The molecule has 0 spiro atoms. The highest BCUT2D eigenvalue weighted by Crippen LogP contribution is 2.46. The zero-order chi connectivity index (χ0) is 22.7. The number of aromatic amines is 1. The molecule has 1 atom stereocenters. The van der Waals surface area contributed by atoms with E-state index >= 15 is 0 Å². The van der Waals surface area contributed by atoms with Crippen molar-refractivity contribution in [3.05, 3.63) is 107 Å². The number of thioether (sulfide) groups is 1. The molecule has 0 radical (unpaired) electrons. The Bertz CT molecular complexity index is 1440. The summed E-state index contributed by atoms with van der Waals surface area (Å²) >= 11 is 1.76. The zero-order valence-electron chi connectivity index (χ0n) is 18.2. The predicted molar refractivity (Wildman–Crippen MR) is 131 cm³/mol. The number of hydrogen-bond acceptors (Lipinski definition) is 7. The molecule has 7 nitrogen and oxygen atoms in total. The zero-order valence-corrected chi connectivity index (χ0v) is 19.0. The van der Waals surface area contributed by atoms with Gasteiger partial charge in [-0.2, -0.15) is 0 Å². The molecule has 0 saturated carbocycles. The molecule has 1 aliphatic rings. The smallest absolute Gasteiger partial charge is 0.158 e. The first-order chi connectivity index (χ1) is 16.8. The lowest BCUT2D eigenvalue weighted by atomic mass is 10.00. The van der Waals surface area contributed by atoms with Crippen LogP contribution in [0.3, 0.4) is 0 Å². The highest BCUT2D eigenvalue weighted by molar-refractivity contribution is 7.98. The van der Waals surface area contributed by atoms with Crippen molar-refractivity contribution in [2.24, 2.45) is 0 Å². The van der Waals surface area contributed by atoms with E-state index in [0.717, 1.165) is 39.5 Å². The summed E-state index contributed by atoms with van der Waals surface area (Å²) in [6.45, 7) is 0.925. The first kappa shape index (κ1) is 20.7. The average Bonchev–Trinajstić information content (AvgIpc) is 3.36. The second kappa shape index (κ2) is 9.15. The monoisotopic (exact) mass is 467 g/mol. The van der Waals surface area contributed by atoms with Crippen molar-refractivity contribution in [1.29, 1.82) is 0 Å². The lowest BCUT2D eigenvalue weighted by Crippen LogP contribution is -2.02. The van der Waals surface area contributed by atoms with E-state index in [4.69, 9.17) is 14.5 Å². The van der Waals surface area contributed by atoms with E-state index in [9.17, 15) is 0 Å². The Morgan fingerprint density at radius 1 is 0.971 bits per heavy atom. The number of fused-ring (bicyclic) bond motifs is 3. The largest absolute Gasteiger partial charge is 0.489 e. The number of ether oxygens (including phenoxy) is 2. The molecule has 1 aliphatic heterocycles. The number of benzene rings is 3. The van der Waals surface area contributed by atoms with E-state index in [1.807, 2.05) is 42.5 Å². The Morgan fingerprint density at radius 2 is 1.88 bits per heavy atom. The fourth-order valence-corrected chi connectivity index (χ4v) is 5.34. The molecule has 0 aliphatic carbocycles. The Labute approximate surface area is 200 Å². The number of rotatable bonds is 6. The van der Waals surface area contributed by atoms with Crippen molar-refractivity contribution in [3.63, 3.8) is 0 Å². The van der Waals surface area contributed by atoms with Crippen LogP contribution in [0.4, 0.5) is 0 Å². The van der Waals surface area contributed by atoms with Gasteiger partial charge in [-0.15, -0.1) is 16.9 Å². The van der Waals surface area contributed by atoms with Crippen molar-refractivity contribution in [1.82, 2.24) is 25.6 Å². The van der Waals surface area contributed by atoms with Gasteiger partial charge in [0.25, 0.3) is 0 Å². The number of nitrogens with zero attached hydrogens (tertiary/aromatic N) is 4. The fourth-order valence-electron chi connectivity index (χ4n) is 4.12. The van der Waals surface area contributed by atoms with Crippen LogP contribution in [-0.2, 0) is 19.0 Å². The van der Waals surface area contributed by atoms with Crippen LogP contribution in [0.15, 0.2) is 78.9 Å². The third-order valence-corrected chi connectivity index (χ3v) is 7.08. The molecule has 8 heteroatoms. The van der Waals surface area contributed by atoms with Crippen molar-refractivity contribution >= 4 is 22.7 Å². The van der Waals surface area contributed by atoms with E-state index in [2.05, 4.69) is 57.0 Å². The molecular formula is C26H21N5O2S. The van der Waals surface area contributed by atoms with Crippen LogP contribution in [0.5, 0.6) is 11.5 Å². The first-order valence-corrected chi connectivity index (χ1v) is 12.0. The average molecular weight is 468 g/mol. The minimum Gasteiger partial charge on any atom is -0.489 e. The van der Waals surface area contributed by atoms with Crippen LogP contribution < -0.4 is 9.47 Å². The number of nitrogens with one attached hydrogen (secondary N) is 1. The maximum Gasteiger partial charge on any atom is 0.158 e. The van der Waals surface area contributed by atoms with Gasteiger partial charge in [-0.25, -0.2) is 10.1 Å². The Morgan fingerprint density at radius 3 is 2.82 bits per heavy atom. The quantitative estimate of drug-likeness (QED) is 0.365. The second-order valence-electron chi connectivity index (χ2n) is 8.01. The number of tetrazole rings is 1. The Balaban J connectivity index is 1.29. The fraction of sp³-hybridized carbons (Fsp3) is 0.154. The molecule has 0 fully saturated rings. The highest BCUT2D eigenvalue weighted by Gasteiger charge is 2.26. The maximum absolute atomic E-state index is 6.18. The molecule has 6 rings (SSSR count). The van der Waals surface area contributed by atoms with Gasteiger partial charge < -0.3 is 9.47 Å². The standard InChI is InChI=1S/C26H21N5O2S/c1-3-7-21-18(6-1)14-33-24-12-11-20(13-22(24)26(21)34-16-25-28-30-31-29-25)32-15-19-10-9-17-5-2-4-8-23(17)27-19/h1-13,26H,14-16H2,(H,28,29,30,31). The van der Waals surface area contributed by atoms with Gasteiger partial charge in [0.1, 0.15) is 24.7 Å². The SMILES string of the molecule is c1ccc2c(c1)COc1ccc(OCc3ccc4ccccc4n3)cc1C2SCc1nnn[nH]1. The highest BCUT2D eigenvalue weighted by atomic mass is 32.2. The van der Waals surface area contributed by atoms with Crippen LogP contribution >= 0.6 is 11.8 Å². The Hall–Kier alpha value is -3.91. The van der Waals surface area contributed by atoms with E-state index < -0.39 is 0 Å². The van der Waals surface area contributed by atoms with Gasteiger partial charge in [0.15, 0.2) is 5.82 Å². The van der Waals surface area contributed by atoms with Gasteiger partial charge in [0.05, 0.1) is 22.2 Å². The molecule has 0 bridgehead atoms. The van der Waals surface area contributed by atoms with Crippen LogP contribution in [0, 0.1) is 0 Å². The lowest BCUT2D eigenvalue weighted by molar-refractivity contribution is 0.295. The van der Waals surface area contributed by atoms with Crippen molar-refractivity contribution in [2.75, 3.05) is 0 Å². The van der Waals surface area contributed by atoms with Gasteiger partial charge >= 0.3 is 0 Å². The van der Waals surface area contributed by atoms with Crippen LogP contribution in [0.2, 0.25) is 0 Å². The van der Waals surface area contributed by atoms with E-state index in [-0.39, 0.29) is 5.25 Å². The van der Waals surface area contributed by atoms with Gasteiger partial charge in [-0.05, 0) is 51.9 Å². The normalized spacial score (nSPS) is 14.6. The molecule has 0 amide bonds. The molecule has 3 aromatic carbocycles. The molecule has 34 heavy (non-hydrogen) atoms. The molecule has 168 valence electrons. The number of hydrogen-bond donors (Lipinski definition) is 1. The van der Waals surface area contributed by atoms with E-state index in [0.29, 0.717) is 19.0 Å². The topological polar surface area (TPSA) is 85.8 Å². The summed E-state index contributed by atoms with van der Waals surface area (Å²) in [6, 6.07) is 26.6. The van der Waals surface area contributed by atoms with Crippen LogP contribution in [0.1, 0.15) is 33.5 Å². The van der Waals surface area contributed by atoms with Crippen LogP contribution in [-0.4, -0.2) is 25.6 Å². The summed E-state index contributed by atoms with van der Waals surface area (Å²) in [6.07, 6.45) is 0. The number of pyridine rings is 1. The minimum absolute atomic E-state index is 0.0566.